The maximum absolute atomic E-state index is 11.7. The summed E-state index contributed by atoms with van der Waals surface area (Å²) in [5.41, 5.74) is 0.699. The van der Waals surface area contributed by atoms with Gasteiger partial charge in [0.05, 0.1) is 6.61 Å². The molecule has 6 nitrogen and oxygen atoms in total. The van der Waals surface area contributed by atoms with E-state index in [1.54, 1.807) is 18.2 Å². The molecular formula is C13H11N3O3. The molecule has 2 aromatic heterocycles. The van der Waals surface area contributed by atoms with Gasteiger partial charge < -0.3 is 14.9 Å². The Bertz CT molecular complexity index is 612. The molecular weight excluding hydrogens is 246 g/mol. The van der Waals surface area contributed by atoms with Crippen molar-refractivity contribution in [2.45, 2.75) is 6.42 Å². The van der Waals surface area contributed by atoms with Crippen LogP contribution in [0, 0.1) is 11.8 Å². The van der Waals surface area contributed by atoms with E-state index in [4.69, 9.17) is 5.11 Å². The van der Waals surface area contributed by atoms with Gasteiger partial charge in [0.25, 0.3) is 5.91 Å². The topological polar surface area (TPSA) is 88.2 Å². The molecule has 1 amide bonds. The Kier molecular flexibility index (Phi) is 4.26. The number of nitrogens with one attached hydrogen (secondary N) is 1. The van der Waals surface area contributed by atoms with Crippen molar-refractivity contribution in [3.63, 3.8) is 0 Å². The zero-order valence-electron chi connectivity index (χ0n) is 9.96. The molecule has 0 aromatic carbocycles. The molecule has 0 saturated carbocycles. The summed E-state index contributed by atoms with van der Waals surface area (Å²) in [6.45, 7) is 0.00951. The molecule has 0 saturated heterocycles. The molecule has 96 valence electrons. The van der Waals surface area contributed by atoms with Gasteiger partial charge in [-0.25, -0.2) is 4.98 Å². The molecule has 0 unspecified atom stereocenters. The van der Waals surface area contributed by atoms with Crippen LogP contribution in [0.4, 0.5) is 5.82 Å². The molecule has 0 aliphatic carbocycles. The fraction of sp³-hybridized carbons (Fsp3) is 0.154. The number of aliphatic hydroxyl groups excluding tert-OH is 1. The Hall–Kier alpha value is -2.65. The first-order valence-corrected chi connectivity index (χ1v) is 5.58. The first-order valence-electron chi connectivity index (χ1n) is 5.58. The van der Waals surface area contributed by atoms with Gasteiger partial charge in [0.1, 0.15) is 17.8 Å². The second-order valence-corrected chi connectivity index (χ2v) is 3.52. The van der Waals surface area contributed by atoms with Gasteiger partial charge in [-0.3, -0.25) is 4.79 Å². The van der Waals surface area contributed by atoms with Gasteiger partial charge in [-0.15, -0.1) is 0 Å². The van der Waals surface area contributed by atoms with Gasteiger partial charge in [-0.1, -0.05) is 17.1 Å². The Morgan fingerprint density at radius 3 is 3.05 bits per heavy atom. The molecule has 0 aliphatic rings. The van der Waals surface area contributed by atoms with Gasteiger partial charge in [0.2, 0.25) is 0 Å². The summed E-state index contributed by atoms with van der Waals surface area (Å²) < 4.78 is 4.59. The summed E-state index contributed by atoms with van der Waals surface area (Å²) in [6, 6.07) is 6.56. The van der Waals surface area contributed by atoms with Gasteiger partial charge in [-0.2, -0.15) is 0 Å². The highest BCUT2D eigenvalue weighted by Crippen LogP contribution is 2.06. The van der Waals surface area contributed by atoms with Crippen molar-refractivity contribution in [1.29, 1.82) is 0 Å². The Balaban J connectivity index is 2.07. The van der Waals surface area contributed by atoms with Crippen LogP contribution in [-0.4, -0.2) is 27.8 Å². The molecule has 2 N–H and O–H groups in total. The lowest BCUT2D eigenvalue weighted by Crippen LogP contribution is -2.13. The van der Waals surface area contributed by atoms with E-state index in [2.05, 4.69) is 31.8 Å². The number of carbonyl (C=O) groups excluding carboxylic acids is 1. The summed E-state index contributed by atoms with van der Waals surface area (Å²) in [5.74, 6) is 5.52. The van der Waals surface area contributed by atoms with Crippen LogP contribution in [-0.2, 0) is 0 Å². The first kappa shape index (κ1) is 12.8. The molecule has 0 radical (unpaired) electrons. The van der Waals surface area contributed by atoms with Crippen molar-refractivity contribution in [2.75, 3.05) is 11.9 Å². The number of rotatable bonds is 3. The van der Waals surface area contributed by atoms with E-state index in [9.17, 15) is 4.79 Å². The second kappa shape index (κ2) is 6.33. The van der Waals surface area contributed by atoms with Gasteiger partial charge >= 0.3 is 0 Å². The van der Waals surface area contributed by atoms with Crippen molar-refractivity contribution in [3.8, 4) is 11.8 Å². The fourth-order valence-corrected chi connectivity index (χ4v) is 1.29. The molecule has 19 heavy (non-hydrogen) atoms. The first-order chi connectivity index (χ1) is 9.29. The number of hydrogen-bond acceptors (Lipinski definition) is 5. The number of aliphatic hydroxyl groups is 1. The third-order valence-corrected chi connectivity index (χ3v) is 2.11. The maximum atomic E-state index is 11.7. The highest BCUT2D eigenvalue weighted by molar-refractivity contribution is 6.02. The zero-order chi connectivity index (χ0) is 13.5. The summed E-state index contributed by atoms with van der Waals surface area (Å²) in [4.78, 5) is 15.9. The Labute approximate surface area is 109 Å². The van der Waals surface area contributed by atoms with E-state index in [0.717, 1.165) is 0 Å². The van der Waals surface area contributed by atoms with Crippen molar-refractivity contribution >= 4 is 11.7 Å². The monoisotopic (exact) mass is 257 g/mol. The van der Waals surface area contributed by atoms with E-state index < -0.39 is 5.91 Å². The molecule has 0 aliphatic heterocycles. The van der Waals surface area contributed by atoms with Crippen molar-refractivity contribution in [3.05, 3.63) is 41.9 Å². The summed E-state index contributed by atoms with van der Waals surface area (Å²) in [6.07, 6.45) is 1.70. The van der Waals surface area contributed by atoms with Gasteiger partial charge in [-0.05, 0) is 18.1 Å². The van der Waals surface area contributed by atoms with E-state index in [1.165, 1.54) is 12.3 Å². The van der Waals surface area contributed by atoms with Gasteiger partial charge in [0.15, 0.2) is 5.69 Å². The van der Waals surface area contributed by atoms with E-state index in [0.29, 0.717) is 17.9 Å². The van der Waals surface area contributed by atoms with Crippen LogP contribution in [0.1, 0.15) is 22.6 Å². The number of aromatic nitrogens is 2. The Morgan fingerprint density at radius 2 is 2.32 bits per heavy atom. The molecule has 0 bridgehead atoms. The predicted molar refractivity (Wildman–Crippen MR) is 67.3 cm³/mol. The summed E-state index contributed by atoms with van der Waals surface area (Å²) in [7, 11) is 0. The smallest absolute Gasteiger partial charge is 0.278 e. The maximum Gasteiger partial charge on any atom is 0.278 e. The number of carbonyl (C=O) groups is 1. The number of hydrogen-bond donors (Lipinski definition) is 2. The van der Waals surface area contributed by atoms with Crippen molar-refractivity contribution < 1.29 is 14.4 Å². The fourth-order valence-electron chi connectivity index (χ4n) is 1.29. The van der Waals surface area contributed by atoms with Crippen LogP contribution in [0.25, 0.3) is 0 Å². The minimum absolute atomic E-state index is 0.00951. The minimum Gasteiger partial charge on any atom is -0.395 e. The Morgan fingerprint density at radius 1 is 1.42 bits per heavy atom. The lowest BCUT2D eigenvalue weighted by molar-refractivity contribution is 0.101. The van der Waals surface area contributed by atoms with E-state index >= 15 is 0 Å². The normalized spacial score (nSPS) is 9.53. The number of amides is 1. The number of nitrogens with zero attached hydrogens (tertiary/aromatic N) is 2. The van der Waals surface area contributed by atoms with Crippen LogP contribution < -0.4 is 5.32 Å². The lowest BCUT2D eigenvalue weighted by atomic mass is 10.3. The summed E-state index contributed by atoms with van der Waals surface area (Å²) >= 11 is 0. The predicted octanol–water partition coefficient (Wildman–Crippen LogP) is 1.06. The molecule has 2 aromatic rings. The van der Waals surface area contributed by atoms with Crippen molar-refractivity contribution in [1.82, 2.24) is 10.1 Å². The van der Waals surface area contributed by atoms with Crippen LogP contribution in [0.15, 0.2) is 35.1 Å². The second-order valence-electron chi connectivity index (χ2n) is 3.52. The summed E-state index contributed by atoms with van der Waals surface area (Å²) in [5, 5.41) is 14.7. The molecule has 0 fully saturated rings. The number of pyridine rings is 1. The average Bonchev–Trinajstić information content (AvgIpc) is 2.93. The molecule has 2 heterocycles. The van der Waals surface area contributed by atoms with Crippen LogP contribution >= 0.6 is 0 Å². The zero-order valence-corrected chi connectivity index (χ0v) is 9.96. The van der Waals surface area contributed by atoms with Crippen LogP contribution in [0.3, 0.4) is 0 Å². The highest BCUT2D eigenvalue weighted by Gasteiger charge is 2.09. The number of anilines is 1. The SMILES string of the molecule is O=C(Nc1cccc(C#CCCO)n1)c1ccon1. The van der Waals surface area contributed by atoms with E-state index in [-0.39, 0.29) is 12.3 Å². The van der Waals surface area contributed by atoms with E-state index in [1.807, 2.05) is 0 Å². The highest BCUT2D eigenvalue weighted by atomic mass is 16.5. The minimum atomic E-state index is -0.401. The third kappa shape index (κ3) is 3.66. The molecule has 0 spiro atoms. The molecule has 6 heteroatoms. The van der Waals surface area contributed by atoms with Gasteiger partial charge in [0, 0.05) is 12.5 Å². The average molecular weight is 257 g/mol. The molecule has 2 rings (SSSR count). The third-order valence-electron chi connectivity index (χ3n) is 2.11. The lowest BCUT2D eigenvalue weighted by Gasteiger charge is -2.01. The largest absolute Gasteiger partial charge is 0.395 e. The quantitative estimate of drug-likeness (QED) is 0.802. The van der Waals surface area contributed by atoms with Crippen LogP contribution in [0.2, 0.25) is 0 Å². The standard InChI is InChI=1S/C13H11N3O3/c17-8-2-1-4-10-5-3-6-12(14-10)15-13(18)11-7-9-19-16-11/h3,5-7,9,17H,2,8H2,(H,14,15,18). The van der Waals surface area contributed by atoms with Crippen LogP contribution in [0.5, 0.6) is 0 Å². The molecule has 0 atom stereocenters. The van der Waals surface area contributed by atoms with Crippen molar-refractivity contribution in [2.24, 2.45) is 0 Å².